The Hall–Kier alpha value is -6.18. The summed E-state index contributed by atoms with van der Waals surface area (Å²) in [6.07, 6.45) is -4.14. The van der Waals surface area contributed by atoms with Crippen LogP contribution in [0.5, 0.6) is 11.8 Å². The summed E-state index contributed by atoms with van der Waals surface area (Å²) in [6.45, 7) is 5.40. The van der Waals surface area contributed by atoms with Gasteiger partial charge in [0, 0.05) is 61.2 Å². The second kappa shape index (κ2) is 18.4. The van der Waals surface area contributed by atoms with E-state index in [9.17, 15) is 41.3 Å². The molecule has 2 amide bonds. The van der Waals surface area contributed by atoms with E-state index in [1.807, 2.05) is 36.9 Å². The van der Waals surface area contributed by atoms with Crippen LogP contribution < -0.4 is 24.8 Å². The van der Waals surface area contributed by atoms with E-state index in [4.69, 9.17) is 15.2 Å². The number of ether oxygens (including phenoxy) is 3. The standard InChI is InChI=1S/C38H42F3N7O9S/c1-4-27-23-46(36(49)29-13-15-32(55-5-2)44-34(29)38(39,40)41)17-18-47(27)31-14-12-24(28-10-8-16-43-35(28)56-6-3)21-26(31)22-25-9-7-11-30(33(25)48(51)52)45-58(53,54)20-19-57-37(42)50/h7-16,21,27,45H,4-6,17-20,22-23H2,1-3H3,(H2,42,50)/t27-/m1/s1. The topological polar surface area (TPSA) is 209 Å². The summed E-state index contributed by atoms with van der Waals surface area (Å²) >= 11 is 0. The number of piperazine rings is 1. The van der Waals surface area contributed by atoms with Crippen LogP contribution in [0.2, 0.25) is 0 Å². The summed E-state index contributed by atoms with van der Waals surface area (Å²) in [5.74, 6) is -1.45. The largest absolute Gasteiger partial charge is 0.478 e. The van der Waals surface area contributed by atoms with Crippen LogP contribution in [0.3, 0.4) is 0 Å². The maximum absolute atomic E-state index is 14.1. The molecule has 3 N–H and O–H groups in total. The number of pyridine rings is 2. The molecule has 1 aliphatic heterocycles. The van der Waals surface area contributed by atoms with Crippen LogP contribution in [0.25, 0.3) is 11.1 Å². The molecule has 0 unspecified atom stereocenters. The highest BCUT2D eigenvalue weighted by Crippen LogP contribution is 2.39. The molecule has 2 aromatic carbocycles. The Labute approximate surface area is 332 Å². The molecule has 0 aliphatic carbocycles. The van der Waals surface area contributed by atoms with E-state index >= 15 is 0 Å². The molecule has 1 aliphatic rings. The van der Waals surface area contributed by atoms with E-state index in [0.717, 1.165) is 6.07 Å². The third-order valence-electron chi connectivity index (χ3n) is 9.20. The minimum Gasteiger partial charge on any atom is -0.478 e. The molecule has 4 aromatic rings. The quantitative estimate of drug-likeness (QED) is 0.0979. The maximum atomic E-state index is 14.1. The molecule has 0 bridgehead atoms. The zero-order chi connectivity index (χ0) is 42.2. The van der Waals surface area contributed by atoms with Gasteiger partial charge in [0.25, 0.3) is 11.6 Å². The monoisotopic (exact) mass is 829 g/mol. The van der Waals surface area contributed by atoms with Crippen molar-refractivity contribution in [3.05, 3.63) is 99.4 Å². The molecule has 310 valence electrons. The van der Waals surface area contributed by atoms with Gasteiger partial charge in [-0.3, -0.25) is 19.6 Å². The fraction of sp³-hybridized carbons (Fsp3) is 0.368. The van der Waals surface area contributed by atoms with Gasteiger partial charge in [-0.2, -0.15) is 13.2 Å². The lowest BCUT2D eigenvalue weighted by Gasteiger charge is -2.43. The number of hydrogen-bond donors (Lipinski definition) is 2. The highest BCUT2D eigenvalue weighted by Gasteiger charge is 2.40. The Morgan fingerprint density at radius 3 is 2.45 bits per heavy atom. The van der Waals surface area contributed by atoms with Crippen molar-refractivity contribution >= 4 is 39.1 Å². The number of anilines is 2. The molecule has 16 nitrogen and oxygen atoms in total. The molecule has 0 saturated carbocycles. The van der Waals surface area contributed by atoms with Crippen LogP contribution in [-0.4, -0.2) is 91.5 Å². The van der Waals surface area contributed by atoms with E-state index in [-0.39, 0.29) is 49.8 Å². The number of carbonyl (C=O) groups is 2. The molecule has 0 radical (unpaired) electrons. The third kappa shape index (κ3) is 10.2. The van der Waals surface area contributed by atoms with Gasteiger partial charge >= 0.3 is 12.3 Å². The number of rotatable bonds is 16. The first-order valence-electron chi connectivity index (χ1n) is 18.2. The maximum Gasteiger partial charge on any atom is 0.434 e. The third-order valence-corrected chi connectivity index (χ3v) is 10.4. The number of aromatic nitrogens is 2. The minimum atomic E-state index is -4.92. The Bertz CT molecular complexity index is 2260. The number of primary amides is 1. The van der Waals surface area contributed by atoms with Crippen molar-refractivity contribution in [1.82, 2.24) is 14.9 Å². The van der Waals surface area contributed by atoms with Crippen molar-refractivity contribution < 1.29 is 50.3 Å². The molecule has 0 spiro atoms. The number of hydrogen-bond acceptors (Lipinski definition) is 12. The van der Waals surface area contributed by atoms with Gasteiger partial charge in [0.2, 0.25) is 21.8 Å². The fourth-order valence-corrected chi connectivity index (χ4v) is 7.58. The van der Waals surface area contributed by atoms with Crippen molar-refractivity contribution in [3.8, 4) is 22.9 Å². The summed E-state index contributed by atoms with van der Waals surface area (Å²) in [5.41, 5.74) is 4.81. The van der Waals surface area contributed by atoms with Crippen LogP contribution in [0, 0.1) is 10.1 Å². The predicted octanol–water partition coefficient (Wildman–Crippen LogP) is 6.04. The molecule has 58 heavy (non-hydrogen) atoms. The van der Waals surface area contributed by atoms with Gasteiger partial charge in [0.1, 0.15) is 18.0 Å². The number of nitro groups is 1. The van der Waals surface area contributed by atoms with Crippen LogP contribution in [-0.2, 0) is 27.4 Å². The second-order valence-corrected chi connectivity index (χ2v) is 14.8. The number of benzene rings is 2. The van der Waals surface area contributed by atoms with Crippen molar-refractivity contribution in [2.75, 3.05) is 54.8 Å². The molecule has 1 saturated heterocycles. The second-order valence-electron chi connectivity index (χ2n) is 13.0. The molecule has 20 heteroatoms. The van der Waals surface area contributed by atoms with Gasteiger partial charge in [-0.05, 0) is 67.8 Å². The number of alkyl halides is 3. The molecule has 2 aromatic heterocycles. The number of nitrogens with two attached hydrogens (primary N) is 1. The van der Waals surface area contributed by atoms with Crippen LogP contribution in [0.15, 0.2) is 66.9 Å². The number of nitro benzene ring substituents is 1. The first kappa shape index (κ1) is 43.0. The summed E-state index contributed by atoms with van der Waals surface area (Å²) in [6, 6.07) is 15.1. The SMILES string of the molecule is CCOc1ccc(C(=O)N2CCN(c3ccc(-c4cccnc4OCC)cc3Cc3cccc(NS(=O)(=O)CCOC(N)=O)c3[N+](=O)[O-])[C@H](CC)C2)c(C(F)(F)F)n1. The Balaban J connectivity index is 1.54. The van der Waals surface area contributed by atoms with Crippen LogP contribution >= 0.6 is 0 Å². The number of carbonyl (C=O) groups excluding carboxylic acids is 2. The smallest absolute Gasteiger partial charge is 0.434 e. The molecule has 5 rings (SSSR count). The number of para-hydroxylation sites is 1. The van der Waals surface area contributed by atoms with Crippen molar-refractivity contribution in [3.63, 3.8) is 0 Å². The molecular formula is C38H42F3N7O9S. The first-order chi connectivity index (χ1) is 27.6. The lowest BCUT2D eigenvalue weighted by molar-refractivity contribution is -0.384. The first-order valence-corrected chi connectivity index (χ1v) is 19.9. The van der Waals surface area contributed by atoms with Gasteiger partial charge in [0.05, 0.1) is 23.7 Å². The lowest BCUT2D eigenvalue weighted by Crippen LogP contribution is -2.55. The summed E-state index contributed by atoms with van der Waals surface area (Å²) in [7, 11) is -4.23. The lowest BCUT2D eigenvalue weighted by atomic mass is 9.95. The van der Waals surface area contributed by atoms with Gasteiger partial charge in [-0.1, -0.05) is 25.1 Å². The number of nitrogens with zero attached hydrogens (tertiary/aromatic N) is 5. The number of sulfonamides is 1. The molecule has 1 atom stereocenters. The van der Waals surface area contributed by atoms with Crippen LogP contribution in [0.4, 0.5) is 35.0 Å². The van der Waals surface area contributed by atoms with Crippen molar-refractivity contribution in [2.24, 2.45) is 5.73 Å². The number of amides is 2. The minimum absolute atomic E-state index is 0.0367. The number of nitrogens with one attached hydrogen (secondary N) is 1. The fourth-order valence-electron chi connectivity index (χ4n) is 6.68. The van der Waals surface area contributed by atoms with Gasteiger partial charge in [-0.15, -0.1) is 0 Å². The van der Waals surface area contributed by atoms with Crippen LogP contribution in [0.1, 0.15) is 54.4 Å². The molecule has 1 fully saturated rings. The summed E-state index contributed by atoms with van der Waals surface area (Å²) < 4.78 is 85.7. The average Bonchev–Trinajstić information content (AvgIpc) is 3.17. The Morgan fingerprint density at radius 1 is 1.02 bits per heavy atom. The van der Waals surface area contributed by atoms with E-state index in [0.29, 0.717) is 41.3 Å². The highest BCUT2D eigenvalue weighted by atomic mass is 32.2. The highest BCUT2D eigenvalue weighted by molar-refractivity contribution is 7.92. The zero-order valence-electron chi connectivity index (χ0n) is 31.8. The van der Waals surface area contributed by atoms with Crippen molar-refractivity contribution in [2.45, 2.75) is 45.8 Å². The molecule has 3 heterocycles. The van der Waals surface area contributed by atoms with E-state index < -0.39 is 68.5 Å². The van der Waals surface area contributed by atoms with E-state index in [1.165, 1.54) is 29.2 Å². The van der Waals surface area contributed by atoms with E-state index in [1.54, 1.807) is 25.3 Å². The molecular weight excluding hydrogens is 788 g/mol. The predicted molar refractivity (Wildman–Crippen MR) is 207 cm³/mol. The van der Waals surface area contributed by atoms with Gasteiger partial charge in [0.15, 0.2) is 5.69 Å². The average molecular weight is 830 g/mol. The number of halogens is 3. The Kier molecular flexibility index (Phi) is 13.6. The van der Waals surface area contributed by atoms with Gasteiger partial charge in [-0.25, -0.2) is 23.2 Å². The Morgan fingerprint density at radius 2 is 1.78 bits per heavy atom. The van der Waals surface area contributed by atoms with E-state index in [2.05, 4.69) is 19.4 Å². The van der Waals surface area contributed by atoms with Gasteiger partial charge < -0.3 is 29.7 Å². The summed E-state index contributed by atoms with van der Waals surface area (Å²) in [4.78, 5) is 47.9. The normalized spacial score (nSPS) is 14.5. The zero-order valence-corrected chi connectivity index (χ0v) is 32.6. The van der Waals surface area contributed by atoms with Crippen molar-refractivity contribution in [1.29, 1.82) is 0 Å². The summed E-state index contributed by atoms with van der Waals surface area (Å²) in [5, 5.41) is 12.6.